The number of aliphatic hydroxyl groups excluding tert-OH is 1. The van der Waals surface area contributed by atoms with Crippen LogP contribution in [0.4, 0.5) is 22.1 Å². The van der Waals surface area contributed by atoms with Gasteiger partial charge in [-0.15, -0.1) is 0 Å². The summed E-state index contributed by atoms with van der Waals surface area (Å²) in [5.41, 5.74) is 2.53. The number of amides is 2. The second-order valence-corrected chi connectivity index (χ2v) is 15.3. The van der Waals surface area contributed by atoms with Crippen molar-refractivity contribution in [3.05, 3.63) is 163 Å². The largest absolute Gasteiger partial charge is 0.497 e. The molecule has 2 amide bonds. The molecule has 1 aliphatic heterocycles. The van der Waals surface area contributed by atoms with E-state index in [0.29, 0.717) is 22.9 Å². The molecule has 2 aromatic heterocycles. The van der Waals surface area contributed by atoms with E-state index in [9.17, 15) is 14.7 Å². The molecule has 0 unspecified atom stereocenters. The number of anilines is 3. The van der Waals surface area contributed by atoms with Crippen LogP contribution in [0.1, 0.15) is 36.8 Å². The summed E-state index contributed by atoms with van der Waals surface area (Å²) in [6.45, 7) is 3.34. The van der Waals surface area contributed by atoms with Crippen LogP contribution in [-0.4, -0.2) is 82.9 Å². The lowest BCUT2D eigenvalue weighted by molar-refractivity contribution is -0.118. The highest BCUT2D eigenvalue weighted by molar-refractivity contribution is 5.98. The molecule has 0 aliphatic carbocycles. The van der Waals surface area contributed by atoms with Gasteiger partial charge in [0.1, 0.15) is 35.4 Å². The standard InChI is InChI=1S/C49H48N6O9/c1-31(2)44(57)52-47-51-43-40(45(53-47)64-48(58)55(35-17-11-7-12-18-35)36-19-13-8-14-20-36)50-30-54(43)46-42(61-5)41(56)39(63-46)29-62-49(32-15-9-6-10-16-32,33-21-25-37(59-3)26-22-33)34-23-27-38(60-4)28-24-34/h6-28,30-31,39,41-42,46,56H,29H2,1-5H3,(H,51,52,53,57)/t39-,41-,42-,46-/m1/s1. The van der Waals surface area contributed by atoms with Gasteiger partial charge in [0.2, 0.25) is 11.9 Å². The first-order chi connectivity index (χ1) is 31.1. The number of hydrogen-bond acceptors (Lipinski definition) is 12. The fourth-order valence-corrected chi connectivity index (χ4v) is 7.72. The van der Waals surface area contributed by atoms with Crippen LogP contribution in [0.5, 0.6) is 17.4 Å². The molecule has 2 N–H and O–H groups in total. The summed E-state index contributed by atoms with van der Waals surface area (Å²) in [5, 5.41) is 14.7. The zero-order valence-electron chi connectivity index (χ0n) is 35.9. The van der Waals surface area contributed by atoms with Gasteiger partial charge in [0.25, 0.3) is 5.88 Å². The first-order valence-electron chi connectivity index (χ1n) is 20.7. The Hall–Kier alpha value is -7.17. The molecule has 0 spiro atoms. The van der Waals surface area contributed by atoms with E-state index >= 15 is 0 Å². The van der Waals surface area contributed by atoms with Crippen LogP contribution in [-0.2, 0) is 24.6 Å². The van der Waals surface area contributed by atoms with Crippen LogP contribution in [0.2, 0.25) is 0 Å². The fraction of sp³-hybridized carbons (Fsp3) is 0.245. The predicted molar refractivity (Wildman–Crippen MR) is 239 cm³/mol. The Morgan fingerprint density at radius 1 is 0.766 bits per heavy atom. The van der Waals surface area contributed by atoms with Crippen LogP contribution in [0.15, 0.2) is 146 Å². The van der Waals surface area contributed by atoms with E-state index in [1.54, 1.807) is 56.9 Å². The summed E-state index contributed by atoms with van der Waals surface area (Å²) in [4.78, 5) is 42.3. The van der Waals surface area contributed by atoms with Gasteiger partial charge >= 0.3 is 6.09 Å². The summed E-state index contributed by atoms with van der Waals surface area (Å²) in [7, 11) is 4.68. The number of imidazole rings is 1. The number of rotatable bonds is 15. The van der Waals surface area contributed by atoms with Crippen LogP contribution in [0.25, 0.3) is 11.2 Å². The fourth-order valence-electron chi connectivity index (χ4n) is 7.72. The lowest BCUT2D eigenvalue weighted by Crippen LogP contribution is -2.40. The lowest BCUT2D eigenvalue weighted by atomic mass is 9.80. The smallest absolute Gasteiger partial charge is 0.425 e. The topological polar surface area (TPSA) is 169 Å². The van der Waals surface area contributed by atoms with Crippen LogP contribution in [0.3, 0.4) is 0 Å². The Kier molecular flexibility index (Phi) is 13.0. The monoisotopic (exact) mass is 864 g/mol. The molecule has 328 valence electrons. The third kappa shape index (κ3) is 8.61. The van der Waals surface area contributed by atoms with Crippen molar-refractivity contribution >= 4 is 40.5 Å². The number of nitrogens with one attached hydrogen (secondary N) is 1. The van der Waals surface area contributed by atoms with Gasteiger partial charge in [-0.1, -0.05) is 105 Å². The predicted octanol–water partition coefficient (Wildman–Crippen LogP) is 8.06. The number of methoxy groups -OCH3 is 3. The third-order valence-corrected chi connectivity index (χ3v) is 11.0. The minimum Gasteiger partial charge on any atom is -0.497 e. The second kappa shape index (κ2) is 19.1. The van der Waals surface area contributed by atoms with Gasteiger partial charge in [-0.25, -0.2) is 14.7 Å². The van der Waals surface area contributed by atoms with E-state index in [2.05, 4.69) is 20.3 Å². The molecule has 0 bridgehead atoms. The van der Waals surface area contributed by atoms with Gasteiger partial charge < -0.3 is 33.5 Å². The number of hydrogen-bond donors (Lipinski definition) is 2. The molecule has 1 aliphatic rings. The van der Waals surface area contributed by atoms with Gasteiger partial charge in [0.05, 0.1) is 38.5 Å². The molecular weight excluding hydrogens is 817 g/mol. The zero-order chi connectivity index (χ0) is 44.8. The number of aliphatic hydroxyl groups is 1. The van der Waals surface area contributed by atoms with Gasteiger partial charge in [-0.2, -0.15) is 9.97 Å². The van der Waals surface area contributed by atoms with Crippen molar-refractivity contribution in [2.24, 2.45) is 5.92 Å². The molecule has 15 heteroatoms. The van der Waals surface area contributed by atoms with Crippen molar-refractivity contribution in [2.45, 2.75) is 44.0 Å². The van der Waals surface area contributed by atoms with Crippen molar-refractivity contribution in [3.63, 3.8) is 0 Å². The van der Waals surface area contributed by atoms with Crippen molar-refractivity contribution in [2.75, 3.05) is 38.2 Å². The quantitative estimate of drug-likeness (QED) is 0.0953. The van der Waals surface area contributed by atoms with Crippen molar-refractivity contribution in [3.8, 4) is 17.4 Å². The highest BCUT2D eigenvalue weighted by atomic mass is 16.6. The number of benzene rings is 5. The van der Waals surface area contributed by atoms with E-state index < -0.39 is 42.2 Å². The molecule has 0 saturated carbocycles. The average molecular weight is 865 g/mol. The number of para-hydroxylation sites is 2. The van der Waals surface area contributed by atoms with Crippen LogP contribution >= 0.6 is 0 Å². The Morgan fingerprint density at radius 3 is 1.81 bits per heavy atom. The summed E-state index contributed by atoms with van der Waals surface area (Å²) in [5.74, 6) is 0.198. The molecule has 1 saturated heterocycles. The molecule has 5 aromatic carbocycles. The number of ether oxygens (including phenoxy) is 6. The second-order valence-electron chi connectivity index (χ2n) is 15.3. The minimum absolute atomic E-state index is 0.0896. The lowest BCUT2D eigenvalue weighted by Gasteiger charge is -2.37. The zero-order valence-corrected chi connectivity index (χ0v) is 35.9. The Morgan fingerprint density at radius 2 is 1.30 bits per heavy atom. The normalized spacial score (nSPS) is 17.3. The van der Waals surface area contributed by atoms with Gasteiger partial charge in [-0.05, 0) is 65.2 Å². The van der Waals surface area contributed by atoms with Crippen molar-refractivity contribution < 1.29 is 43.1 Å². The molecule has 4 atom stereocenters. The molecule has 15 nitrogen and oxygen atoms in total. The summed E-state index contributed by atoms with van der Waals surface area (Å²) < 4.78 is 38.3. The number of fused-ring (bicyclic) bond motifs is 1. The molecular formula is C49H48N6O9. The summed E-state index contributed by atoms with van der Waals surface area (Å²) >= 11 is 0. The highest BCUT2D eigenvalue weighted by Crippen LogP contribution is 2.43. The number of carbonyl (C=O) groups is 2. The van der Waals surface area contributed by atoms with Gasteiger partial charge in [-0.3, -0.25) is 14.7 Å². The molecule has 7 aromatic rings. The SMILES string of the molecule is COc1ccc(C(OC[C@H]2O[C@@H](n3cnc4c(OC(=O)N(c5ccccc5)c5ccccc5)nc(NC(=O)C(C)C)nc43)[C@H](OC)[C@@H]2O)(c2ccccc2)c2ccc(OC)cc2)cc1. The van der Waals surface area contributed by atoms with Crippen molar-refractivity contribution in [1.29, 1.82) is 0 Å². The molecule has 1 fully saturated rings. The van der Waals surface area contributed by atoms with Crippen LogP contribution in [0, 0.1) is 5.92 Å². The van der Waals surface area contributed by atoms with Crippen molar-refractivity contribution in [1.82, 2.24) is 19.5 Å². The number of carbonyl (C=O) groups excluding carboxylic acids is 2. The molecule has 8 rings (SSSR count). The first-order valence-corrected chi connectivity index (χ1v) is 20.7. The molecule has 0 radical (unpaired) electrons. The van der Waals surface area contributed by atoms with Gasteiger partial charge in [0.15, 0.2) is 17.4 Å². The Balaban J connectivity index is 1.16. The Bertz CT molecular complexity index is 2580. The van der Waals surface area contributed by atoms with E-state index in [1.807, 2.05) is 115 Å². The molecule has 3 heterocycles. The molecule has 64 heavy (non-hydrogen) atoms. The van der Waals surface area contributed by atoms with E-state index in [1.165, 1.54) is 18.3 Å². The number of nitrogens with zero attached hydrogens (tertiary/aromatic N) is 5. The highest BCUT2D eigenvalue weighted by Gasteiger charge is 2.48. The van der Waals surface area contributed by atoms with E-state index in [-0.39, 0.29) is 35.5 Å². The van der Waals surface area contributed by atoms with E-state index in [4.69, 9.17) is 28.4 Å². The Labute approximate surface area is 370 Å². The van der Waals surface area contributed by atoms with E-state index in [0.717, 1.165) is 16.7 Å². The van der Waals surface area contributed by atoms with Crippen LogP contribution < -0.4 is 24.4 Å². The summed E-state index contributed by atoms with van der Waals surface area (Å²) in [6, 6.07) is 43.1. The van der Waals surface area contributed by atoms with Gasteiger partial charge in [0, 0.05) is 13.0 Å². The third-order valence-electron chi connectivity index (χ3n) is 11.0. The number of aromatic nitrogens is 4. The maximum Gasteiger partial charge on any atom is 0.425 e. The first kappa shape index (κ1) is 43.5. The minimum atomic E-state index is -1.21. The average Bonchev–Trinajstić information content (AvgIpc) is 3.90. The summed E-state index contributed by atoms with van der Waals surface area (Å²) in [6.07, 6.45) is -3.49. The maximum atomic E-state index is 14.2. The maximum absolute atomic E-state index is 14.2.